The number of hydrogen-bond acceptors (Lipinski definition) is 5. The Hall–Kier alpha value is -2.54. The third-order valence-corrected chi connectivity index (χ3v) is 4.75. The Labute approximate surface area is 152 Å². The van der Waals surface area contributed by atoms with Crippen molar-refractivity contribution in [3.05, 3.63) is 53.2 Å². The number of anilines is 1. The number of nitrogens with zero attached hydrogens (tertiary/aromatic N) is 3. The van der Waals surface area contributed by atoms with Crippen molar-refractivity contribution in [1.29, 1.82) is 0 Å². The van der Waals surface area contributed by atoms with E-state index in [9.17, 15) is 9.18 Å². The predicted octanol–water partition coefficient (Wildman–Crippen LogP) is 2.37. The van der Waals surface area contributed by atoms with E-state index in [0.29, 0.717) is 11.5 Å². The van der Waals surface area contributed by atoms with Crippen molar-refractivity contribution in [1.82, 2.24) is 14.9 Å². The molecule has 0 spiro atoms. The van der Waals surface area contributed by atoms with Gasteiger partial charge in [-0.2, -0.15) is 0 Å². The number of hydrogen-bond donors (Lipinski definition) is 2. The maximum Gasteiger partial charge on any atom is 0.268 e. The average Bonchev–Trinajstić information content (AvgIpc) is 3.15. The highest BCUT2D eigenvalue weighted by molar-refractivity contribution is 5.90. The first-order valence-corrected chi connectivity index (χ1v) is 8.93. The Morgan fingerprint density at radius 2 is 2.00 bits per heavy atom. The molecule has 0 unspecified atom stereocenters. The first kappa shape index (κ1) is 18.3. The Morgan fingerprint density at radius 1 is 1.31 bits per heavy atom. The zero-order chi connectivity index (χ0) is 18.5. The summed E-state index contributed by atoms with van der Waals surface area (Å²) < 4.78 is 13.2. The van der Waals surface area contributed by atoms with Crippen LogP contribution in [0.3, 0.4) is 0 Å². The minimum atomic E-state index is -0.617. The van der Waals surface area contributed by atoms with Crippen molar-refractivity contribution in [3.63, 3.8) is 0 Å². The molecule has 3 rings (SSSR count). The SMILES string of the molecule is C[C@@H](c1ccc(F)cc1)c1nc(C(N)=O)cnc1NCCN1CCCC1. The summed E-state index contributed by atoms with van der Waals surface area (Å²) in [6, 6.07) is 6.26. The molecule has 6 nitrogen and oxygen atoms in total. The second-order valence-electron chi connectivity index (χ2n) is 6.60. The highest BCUT2D eigenvalue weighted by Gasteiger charge is 2.19. The van der Waals surface area contributed by atoms with Crippen LogP contribution in [0.1, 0.15) is 47.4 Å². The van der Waals surface area contributed by atoms with Gasteiger partial charge in [-0.25, -0.2) is 14.4 Å². The normalized spacial score (nSPS) is 15.8. The van der Waals surface area contributed by atoms with Crippen molar-refractivity contribution < 1.29 is 9.18 Å². The number of benzene rings is 1. The number of carbonyl (C=O) groups excluding carboxylic acids is 1. The molecule has 2 aromatic rings. The van der Waals surface area contributed by atoms with Gasteiger partial charge in [0.1, 0.15) is 17.3 Å². The molecule has 1 aliphatic rings. The lowest BCUT2D eigenvalue weighted by molar-refractivity contribution is 0.0995. The molecule has 1 aliphatic heterocycles. The van der Waals surface area contributed by atoms with Crippen molar-refractivity contribution in [2.24, 2.45) is 5.73 Å². The van der Waals surface area contributed by atoms with Gasteiger partial charge < -0.3 is 16.0 Å². The second-order valence-corrected chi connectivity index (χ2v) is 6.60. The van der Waals surface area contributed by atoms with E-state index >= 15 is 0 Å². The van der Waals surface area contributed by atoms with Crippen LogP contribution < -0.4 is 11.1 Å². The van der Waals surface area contributed by atoms with Crippen molar-refractivity contribution in [2.45, 2.75) is 25.7 Å². The van der Waals surface area contributed by atoms with Gasteiger partial charge in [-0.1, -0.05) is 19.1 Å². The largest absolute Gasteiger partial charge is 0.367 e. The molecule has 1 fully saturated rings. The van der Waals surface area contributed by atoms with Crippen LogP contribution in [0.2, 0.25) is 0 Å². The molecule has 1 saturated heterocycles. The fraction of sp³-hybridized carbons (Fsp3) is 0.421. The average molecular weight is 357 g/mol. The van der Waals surface area contributed by atoms with Gasteiger partial charge in [0.05, 0.1) is 11.9 Å². The van der Waals surface area contributed by atoms with Gasteiger partial charge in [0.25, 0.3) is 5.91 Å². The number of halogens is 1. The van der Waals surface area contributed by atoms with Crippen LogP contribution >= 0.6 is 0 Å². The summed E-state index contributed by atoms with van der Waals surface area (Å²) in [5.74, 6) is -0.432. The quantitative estimate of drug-likeness (QED) is 0.795. The predicted molar refractivity (Wildman–Crippen MR) is 98.6 cm³/mol. The van der Waals surface area contributed by atoms with Crippen LogP contribution in [-0.2, 0) is 0 Å². The third kappa shape index (κ3) is 4.35. The highest BCUT2D eigenvalue weighted by atomic mass is 19.1. The minimum Gasteiger partial charge on any atom is -0.367 e. The summed E-state index contributed by atoms with van der Waals surface area (Å²) in [5, 5.41) is 3.33. The molecule has 0 aliphatic carbocycles. The van der Waals surface area contributed by atoms with Crippen LogP contribution in [0.4, 0.5) is 10.2 Å². The summed E-state index contributed by atoms with van der Waals surface area (Å²) >= 11 is 0. The van der Waals surface area contributed by atoms with E-state index in [0.717, 1.165) is 31.7 Å². The Balaban J connectivity index is 1.80. The Morgan fingerprint density at radius 3 is 2.65 bits per heavy atom. The molecule has 1 aromatic heterocycles. The van der Waals surface area contributed by atoms with Crippen molar-refractivity contribution >= 4 is 11.7 Å². The van der Waals surface area contributed by atoms with Gasteiger partial charge in [0.2, 0.25) is 0 Å². The molecule has 0 saturated carbocycles. The molecule has 3 N–H and O–H groups in total. The molecular formula is C19H24FN5O. The van der Waals surface area contributed by atoms with Gasteiger partial charge >= 0.3 is 0 Å². The van der Waals surface area contributed by atoms with Gasteiger partial charge in [0.15, 0.2) is 0 Å². The molecule has 0 radical (unpaired) electrons. The lowest BCUT2D eigenvalue weighted by Crippen LogP contribution is -2.27. The number of likely N-dealkylation sites (tertiary alicyclic amines) is 1. The zero-order valence-electron chi connectivity index (χ0n) is 14.9. The van der Waals surface area contributed by atoms with Crippen LogP contribution in [0, 0.1) is 5.82 Å². The topological polar surface area (TPSA) is 84.1 Å². The molecule has 138 valence electrons. The van der Waals surface area contributed by atoms with E-state index in [1.165, 1.54) is 31.2 Å². The van der Waals surface area contributed by atoms with E-state index in [1.807, 2.05) is 6.92 Å². The van der Waals surface area contributed by atoms with Gasteiger partial charge in [-0.05, 0) is 43.6 Å². The molecule has 1 atom stereocenters. The lowest BCUT2D eigenvalue weighted by atomic mass is 9.97. The van der Waals surface area contributed by atoms with Gasteiger partial charge in [0, 0.05) is 19.0 Å². The second kappa shape index (κ2) is 8.23. The summed E-state index contributed by atoms with van der Waals surface area (Å²) in [7, 11) is 0. The fourth-order valence-corrected chi connectivity index (χ4v) is 3.21. The smallest absolute Gasteiger partial charge is 0.268 e. The number of primary amides is 1. The monoisotopic (exact) mass is 357 g/mol. The fourth-order valence-electron chi connectivity index (χ4n) is 3.21. The maximum absolute atomic E-state index is 13.2. The van der Waals surface area contributed by atoms with E-state index in [4.69, 9.17) is 5.73 Å². The number of nitrogens with two attached hydrogens (primary N) is 1. The Kier molecular flexibility index (Phi) is 5.78. The lowest BCUT2D eigenvalue weighted by Gasteiger charge is -2.19. The molecule has 0 bridgehead atoms. The molecule has 26 heavy (non-hydrogen) atoms. The van der Waals surface area contributed by atoms with E-state index in [2.05, 4.69) is 20.2 Å². The Bertz CT molecular complexity index is 759. The molecule has 7 heteroatoms. The summed E-state index contributed by atoms with van der Waals surface area (Å²) in [6.07, 6.45) is 3.89. The van der Waals surface area contributed by atoms with Crippen LogP contribution in [-0.4, -0.2) is 47.0 Å². The summed E-state index contributed by atoms with van der Waals surface area (Å²) in [6.45, 7) is 5.89. The zero-order valence-corrected chi connectivity index (χ0v) is 14.9. The standard InChI is InChI=1S/C19H24FN5O/c1-13(14-4-6-15(20)7-5-14)17-19(23-12-16(24-17)18(21)26)22-8-11-25-9-2-3-10-25/h4-7,12-13H,2-3,8-11H2,1H3,(H2,21,26)(H,22,23)/t13-/m0/s1. The van der Waals surface area contributed by atoms with E-state index in [1.54, 1.807) is 12.1 Å². The van der Waals surface area contributed by atoms with Crippen LogP contribution in [0.5, 0.6) is 0 Å². The summed E-state index contributed by atoms with van der Waals surface area (Å²) in [4.78, 5) is 22.7. The number of carbonyl (C=O) groups is 1. The molecule has 1 aromatic carbocycles. The third-order valence-electron chi connectivity index (χ3n) is 4.75. The van der Waals surface area contributed by atoms with Crippen molar-refractivity contribution in [2.75, 3.05) is 31.5 Å². The van der Waals surface area contributed by atoms with Gasteiger partial charge in [-0.15, -0.1) is 0 Å². The number of nitrogens with one attached hydrogen (secondary N) is 1. The van der Waals surface area contributed by atoms with Crippen LogP contribution in [0.15, 0.2) is 30.5 Å². The van der Waals surface area contributed by atoms with Crippen LogP contribution in [0.25, 0.3) is 0 Å². The van der Waals surface area contributed by atoms with Crippen molar-refractivity contribution in [3.8, 4) is 0 Å². The number of aromatic nitrogens is 2. The first-order valence-electron chi connectivity index (χ1n) is 8.93. The summed E-state index contributed by atoms with van der Waals surface area (Å²) in [5.41, 5.74) is 7.01. The maximum atomic E-state index is 13.2. The van der Waals surface area contributed by atoms with Gasteiger partial charge in [-0.3, -0.25) is 4.79 Å². The minimum absolute atomic E-state index is 0.124. The van der Waals surface area contributed by atoms with E-state index < -0.39 is 5.91 Å². The first-order chi connectivity index (χ1) is 12.5. The molecule has 2 heterocycles. The van der Waals surface area contributed by atoms with E-state index in [-0.39, 0.29) is 17.4 Å². The highest BCUT2D eigenvalue weighted by Crippen LogP contribution is 2.27. The number of rotatable bonds is 7. The number of amides is 1. The molecule has 1 amide bonds. The molecular weight excluding hydrogens is 333 g/mol.